The van der Waals surface area contributed by atoms with Crippen molar-refractivity contribution in [3.8, 4) is 5.75 Å². The molecule has 0 aliphatic heterocycles. The molecule has 32 heavy (non-hydrogen) atoms. The molecule has 0 aliphatic carbocycles. The Balaban J connectivity index is 1.48. The van der Waals surface area contributed by atoms with Crippen LogP contribution in [0.25, 0.3) is 11.0 Å². The summed E-state index contributed by atoms with van der Waals surface area (Å²) in [6, 6.07) is 19.8. The highest BCUT2D eigenvalue weighted by atomic mass is 32.1. The molecule has 0 saturated carbocycles. The molecule has 0 aliphatic rings. The number of imidazole rings is 1. The molecule has 0 bridgehead atoms. The Morgan fingerprint density at radius 1 is 1.06 bits per heavy atom. The van der Waals surface area contributed by atoms with Gasteiger partial charge in [-0.25, -0.2) is 4.98 Å². The third-order valence-electron chi connectivity index (χ3n) is 5.49. The van der Waals surface area contributed by atoms with E-state index in [-0.39, 0.29) is 11.9 Å². The number of benzene rings is 2. The van der Waals surface area contributed by atoms with Gasteiger partial charge in [-0.2, -0.15) is 0 Å². The molecule has 4 aromatic rings. The van der Waals surface area contributed by atoms with E-state index in [0.29, 0.717) is 17.4 Å². The molecule has 166 valence electrons. The largest absolute Gasteiger partial charge is 0.493 e. The van der Waals surface area contributed by atoms with Crippen molar-refractivity contribution in [3.63, 3.8) is 0 Å². The van der Waals surface area contributed by atoms with Crippen LogP contribution in [0, 0.1) is 0 Å². The fourth-order valence-electron chi connectivity index (χ4n) is 3.89. The van der Waals surface area contributed by atoms with Crippen molar-refractivity contribution in [1.29, 1.82) is 0 Å². The van der Waals surface area contributed by atoms with Crippen molar-refractivity contribution in [2.45, 2.75) is 45.7 Å². The number of hydrogen-bond acceptors (Lipinski definition) is 4. The number of carbonyl (C=O) groups excluding carboxylic acids is 1. The highest BCUT2D eigenvalue weighted by Gasteiger charge is 2.19. The number of fused-ring (bicyclic) bond motifs is 1. The Kier molecular flexibility index (Phi) is 6.90. The first-order valence-corrected chi connectivity index (χ1v) is 11.9. The van der Waals surface area contributed by atoms with E-state index in [9.17, 15) is 4.79 Å². The number of thiophene rings is 1. The van der Waals surface area contributed by atoms with Crippen molar-refractivity contribution in [3.05, 3.63) is 82.3 Å². The van der Waals surface area contributed by atoms with Crippen molar-refractivity contribution in [2.75, 3.05) is 6.61 Å². The maximum atomic E-state index is 12.6. The second-order valence-corrected chi connectivity index (χ2v) is 9.13. The van der Waals surface area contributed by atoms with Gasteiger partial charge >= 0.3 is 0 Å². The van der Waals surface area contributed by atoms with Gasteiger partial charge in [-0.15, -0.1) is 11.3 Å². The van der Waals surface area contributed by atoms with Gasteiger partial charge in [0, 0.05) is 6.54 Å². The number of nitrogens with one attached hydrogen (secondary N) is 1. The second kappa shape index (κ2) is 10.0. The molecule has 0 spiro atoms. The summed E-state index contributed by atoms with van der Waals surface area (Å²) < 4.78 is 8.32. The molecule has 4 rings (SSSR count). The van der Waals surface area contributed by atoms with Crippen LogP contribution in [0.3, 0.4) is 0 Å². The van der Waals surface area contributed by atoms with Crippen LogP contribution >= 0.6 is 11.3 Å². The molecule has 1 N–H and O–H groups in total. The minimum atomic E-state index is -0.209. The van der Waals surface area contributed by atoms with E-state index in [1.165, 1.54) is 16.9 Å². The fourth-order valence-corrected chi connectivity index (χ4v) is 4.52. The number of aryl methyl sites for hydroxylation is 1. The lowest BCUT2D eigenvalue weighted by Gasteiger charge is -2.17. The molecular weight excluding hydrogens is 418 g/mol. The smallest absolute Gasteiger partial charge is 0.261 e. The van der Waals surface area contributed by atoms with Crippen LogP contribution in [-0.4, -0.2) is 22.1 Å². The summed E-state index contributed by atoms with van der Waals surface area (Å²) in [6.07, 6.45) is 0.839. The molecule has 5 nitrogen and oxygen atoms in total. The van der Waals surface area contributed by atoms with Crippen LogP contribution in [0.5, 0.6) is 5.75 Å². The Morgan fingerprint density at radius 3 is 2.62 bits per heavy atom. The Labute approximate surface area is 193 Å². The molecule has 0 radical (unpaired) electrons. The van der Waals surface area contributed by atoms with Gasteiger partial charge in [0.15, 0.2) is 0 Å². The summed E-state index contributed by atoms with van der Waals surface area (Å²) in [6.45, 7) is 7.72. The molecular formula is C26H29N3O2S. The topological polar surface area (TPSA) is 56.1 Å². The summed E-state index contributed by atoms with van der Waals surface area (Å²) in [5, 5.41) is 5.00. The summed E-state index contributed by atoms with van der Waals surface area (Å²) in [7, 11) is 0. The number of carbonyl (C=O) groups is 1. The van der Waals surface area contributed by atoms with Crippen LogP contribution in [0.2, 0.25) is 0 Å². The zero-order valence-electron chi connectivity index (χ0n) is 18.7. The Bertz CT molecular complexity index is 1180. The molecule has 2 aromatic heterocycles. The number of para-hydroxylation sites is 3. The van der Waals surface area contributed by atoms with E-state index in [4.69, 9.17) is 9.72 Å². The number of ether oxygens (including phenoxy) is 1. The van der Waals surface area contributed by atoms with Crippen molar-refractivity contribution >= 4 is 28.3 Å². The number of nitrogens with zero attached hydrogens (tertiary/aromatic N) is 2. The fraction of sp³-hybridized carbons (Fsp3) is 0.308. The van der Waals surface area contributed by atoms with Crippen molar-refractivity contribution < 1.29 is 9.53 Å². The summed E-state index contributed by atoms with van der Waals surface area (Å²) >= 11 is 1.44. The maximum Gasteiger partial charge on any atom is 0.261 e. The molecule has 6 heteroatoms. The third kappa shape index (κ3) is 4.86. The van der Waals surface area contributed by atoms with Gasteiger partial charge in [0.1, 0.15) is 11.6 Å². The minimum Gasteiger partial charge on any atom is -0.493 e. The quantitative estimate of drug-likeness (QED) is 0.312. The lowest BCUT2D eigenvalue weighted by Crippen LogP contribution is -2.28. The summed E-state index contributed by atoms with van der Waals surface area (Å²) in [4.78, 5) is 18.1. The van der Waals surface area contributed by atoms with E-state index in [1.807, 2.05) is 54.8 Å². The zero-order valence-corrected chi connectivity index (χ0v) is 19.6. The number of aromatic nitrogens is 2. The third-order valence-corrected chi connectivity index (χ3v) is 6.36. The van der Waals surface area contributed by atoms with Crippen LogP contribution < -0.4 is 10.1 Å². The monoisotopic (exact) mass is 447 g/mol. The first-order chi connectivity index (χ1) is 15.5. The first kappa shape index (κ1) is 22.1. The molecule has 1 atom stereocenters. The van der Waals surface area contributed by atoms with Gasteiger partial charge in [-0.3, -0.25) is 4.79 Å². The lowest BCUT2D eigenvalue weighted by atomic mass is 10.0. The number of amides is 1. The maximum absolute atomic E-state index is 12.6. The normalized spacial score (nSPS) is 12.2. The standard InChI is InChI=1S/C26H29N3O2S/c1-18(2)20-10-4-7-13-23(20)31-16-9-15-29-22-12-6-5-11-21(22)28-25(29)19(3)27-26(30)24-14-8-17-32-24/h4-8,10-14,17-19H,9,15-16H2,1-3H3,(H,27,30). The van der Waals surface area contributed by atoms with Gasteiger partial charge in [-0.1, -0.05) is 50.2 Å². The molecule has 0 saturated heterocycles. The number of rotatable bonds is 9. The Morgan fingerprint density at radius 2 is 1.84 bits per heavy atom. The highest BCUT2D eigenvalue weighted by Crippen LogP contribution is 2.26. The predicted octanol–water partition coefficient (Wildman–Crippen LogP) is 6.18. The van der Waals surface area contributed by atoms with Crippen molar-refractivity contribution in [1.82, 2.24) is 14.9 Å². The van der Waals surface area contributed by atoms with Gasteiger partial charge in [0.05, 0.1) is 28.6 Å². The van der Waals surface area contributed by atoms with E-state index < -0.39 is 0 Å². The zero-order chi connectivity index (χ0) is 22.5. The molecule has 2 heterocycles. The van der Waals surface area contributed by atoms with E-state index >= 15 is 0 Å². The number of hydrogen-bond donors (Lipinski definition) is 1. The van der Waals surface area contributed by atoms with Gasteiger partial charge in [0.2, 0.25) is 0 Å². The van der Waals surface area contributed by atoms with Crippen LogP contribution in [-0.2, 0) is 6.54 Å². The molecule has 1 amide bonds. The molecule has 1 unspecified atom stereocenters. The summed E-state index contributed by atoms with van der Waals surface area (Å²) in [5.74, 6) is 2.16. The van der Waals surface area contributed by atoms with Gasteiger partial charge < -0.3 is 14.6 Å². The SMILES string of the molecule is CC(C)c1ccccc1OCCCn1c(C(C)NC(=O)c2cccs2)nc2ccccc21. The highest BCUT2D eigenvalue weighted by molar-refractivity contribution is 7.12. The van der Waals surface area contributed by atoms with E-state index in [1.54, 1.807) is 0 Å². The molecule has 0 fully saturated rings. The predicted molar refractivity (Wildman–Crippen MR) is 131 cm³/mol. The lowest BCUT2D eigenvalue weighted by molar-refractivity contribution is 0.0941. The van der Waals surface area contributed by atoms with Crippen LogP contribution in [0.15, 0.2) is 66.0 Å². The second-order valence-electron chi connectivity index (χ2n) is 8.18. The Hall–Kier alpha value is -3.12. The van der Waals surface area contributed by atoms with Crippen LogP contribution in [0.1, 0.15) is 60.2 Å². The molecule has 2 aromatic carbocycles. The first-order valence-electron chi connectivity index (χ1n) is 11.1. The van der Waals surface area contributed by atoms with E-state index in [2.05, 4.69) is 41.9 Å². The van der Waals surface area contributed by atoms with E-state index in [0.717, 1.165) is 35.6 Å². The summed E-state index contributed by atoms with van der Waals surface area (Å²) in [5.41, 5.74) is 3.24. The van der Waals surface area contributed by atoms with Gasteiger partial charge in [0.25, 0.3) is 5.91 Å². The van der Waals surface area contributed by atoms with Crippen molar-refractivity contribution in [2.24, 2.45) is 0 Å². The minimum absolute atomic E-state index is 0.0697. The van der Waals surface area contributed by atoms with Crippen LogP contribution in [0.4, 0.5) is 0 Å². The average Bonchev–Trinajstić information content (AvgIpc) is 3.45. The van der Waals surface area contributed by atoms with Gasteiger partial charge in [-0.05, 0) is 54.5 Å². The average molecular weight is 448 g/mol.